The maximum Gasteiger partial charge on any atom is 0.501 e. The summed E-state index contributed by atoms with van der Waals surface area (Å²) in [7, 11) is -10.7. The minimum atomic E-state index is -5.96. The lowest BCUT2D eigenvalue weighted by atomic mass is 9.73. The number of carbonyl (C=O) groups is 1. The third-order valence-electron chi connectivity index (χ3n) is 12.8. The topological polar surface area (TPSA) is 131 Å². The van der Waals surface area contributed by atoms with Gasteiger partial charge in [0.05, 0.1) is 10.6 Å². The SMILES string of the molecule is CC1(C)CCC(c2ccc(Cl)cc2)=C(CN2CCN(c3ccc(C(=O)NS(=O)(=O)c4ccc(NC[C@H]5CC[C@H](N6CCNCC6)CC5)c(S(=O)(=O)C(F)(F)F)c4)cc3)CC2)C1. The van der Waals surface area contributed by atoms with Crippen molar-refractivity contribution < 1.29 is 34.8 Å². The van der Waals surface area contributed by atoms with Gasteiger partial charge in [-0.15, -0.1) is 0 Å². The highest BCUT2D eigenvalue weighted by atomic mass is 35.5. The molecule has 2 saturated heterocycles. The molecule has 332 valence electrons. The molecule has 0 atom stereocenters. The summed E-state index contributed by atoms with van der Waals surface area (Å²) in [5.74, 6) is -0.901. The van der Waals surface area contributed by atoms with Crippen LogP contribution >= 0.6 is 11.6 Å². The number of carbonyl (C=O) groups excluding carboxylic acids is 1. The zero-order valence-corrected chi connectivity index (χ0v) is 37.1. The number of benzene rings is 3. The Morgan fingerprint density at radius 1 is 0.869 bits per heavy atom. The number of alkyl halides is 3. The Kier molecular flexibility index (Phi) is 13.8. The monoisotopic (exact) mass is 904 g/mol. The van der Waals surface area contributed by atoms with E-state index in [4.69, 9.17) is 11.6 Å². The number of hydrogen-bond acceptors (Lipinski definition) is 10. The molecule has 0 aromatic heterocycles. The molecule has 2 aliphatic carbocycles. The minimum absolute atomic E-state index is 0.0145. The highest BCUT2D eigenvalue weighted by Gasteiger charge is 2.48. The summed E-state index contributed by atoms with van der Waals surface area (Å²) in [5, 5.41) is 6.93. The van der Waals surface area contributed by atoms with Gasteiger partial charge in [-0.3, -0.25) is 14.6 Å². The Balaban J connectivity index is 0.967. The van der Waals surface area contributed by atoms with Crippen LogP contribution < -0.4 is 20.3 Å². The fraction of sp³-hybridized carbons (Fsp3) is 0.523. The maximum atomic E-state index is 13.9. The first-order valence-corrected chi connectivity index (χ1v) is 24.5. The number of sulfone groups is 1. The van der Waals surface area contributed by atoms with E-state index in [-0.39, 0.29) is 29.1 Å². The Bertz CT molecular complexity index is 2290. The van der Waals surface area contributed by atoms with Crippen molar-refractivity contribution in [1.82, 2.24) is 19.8 Å². The van der Waals surface area contributed by atoms with Crippen LogP contribution in [0, 0.1) is 11.3 Å². The fourth-order valence-corrected chi connectivity index (χ4v) is 11.4. The predicted octanol–water partition coefficient (Wildman–Crippen LogP) is 7.41. The van der Waals surface area contributed by atoms with E-state index in [1.54, 1.807) is 12.1 Å². The molecule has 3 aromatic carbocycles. The second-order valence-corrected chi connectivity index (χ2v) is 21.7. The highest BCUT2D eigenvalue weighted by Crippen LogP contribution is 2.43. The minimum Gasteiger partial charge on any atom is -0.384 e. The number of nitrogens with one attached hydrogen (secondary N) is 3. The van der Waals surface area contributed by atoms with E-state index in [1.165, 1.54) is 28.8 Å². The first-order valence-electron chi connectivity index (χ1n) is 21.1. The number of halogens is 4. The number of allylic oxidation sites excluding steroid dienone is 1. The largest absolute Gasteiger partial charge is 0.501 e. The summed E-state index contributed by atoms with van der Waals surface area (Å²) < 4.78 is 96.0. The van der Waals surface area contributed by atoms with Gasteiger partial charge in [0.2, 0.25) is 0 Å². The first kappa shape index (κ1) is 45.4. The summed E-state index contributed by atoms with van der Waals surface area (Å²) in [6, 6.07) is 17.5. The van der Waals surface area contributed by atoms with E-state index in [1.807, 2.05) is 16.9 Å². The van der Waals surface area contributed by atoms with E-state index < -0.39 is 41.1 Å². The van der Waals surface area contributed by atoms with Crippen LogP contribution in [0.5, 0.6) is 0 Å². The zero-order chi connectivity index (χ0) is 43.6. The molecule has 0 unspecified atom stereocenters. The number of sulfonamides is 1. The van der Waals surface area contributed by atoms with Gasteiger partial charge in [-0.25, -0.2) is 21.6 Å². The van der Waals surface area contributed by atoms with Crippen molar-refractivity contribution in [1.29, 1.82) is 0 Å². The average Bonchev–Trinajstić information content (AvgIpc) is 3.23. The molecule has 4 aliphatic rings. The van der Waals surface area contributed by atoms with E-state index >= 15 is 0 Å². The van der Waals surface area contributed by atoms with Crippen LogP contribution in [0.3, 0.4) is 0 Å². The molecule has 2 heterocycles. The normalized spacial score (nSPS) is 22.2. The average molecular weight is 906 g/mol. The molecule has 0 spiro atoms. The van der Waals surface area contributed by atoms with Crippen LogP contribution in [0.25, 0.3) is 5.57 Å². The van der Waals surface area contributed by atoms with Gasteiger partial charge < -0.3 is 15.5 Å². The number of nitrogens with zero attached hydrogens (tertiary/aromatic N) is 3. The van der Waals surface area contributed by atoms with E-state index in [0.717, 1.165) is 127 Å². The van der Waals surface area contributed by atoms with Crippen LogP contribution in [-0.4, -0.2) is 110 Å². The van der Waals surface area contributed by atoms with Gasteiger partial charge in [-0.05, 0) is 122 Å². The van der Waals surface area contributed by atoms with Crippen LogP contribution in [0.1, 0.15) is 74.7 Å². The molecule has 1 amide bonds. The number of hydrogen-bond donors (Lipinski definition) is 3. The van der Waals surface area contributed by atoms with Gasteiger partial charge in [0.25, 0.3) is 25.8 Å². The lowest BCUT2D eigenvalue weighted by molar-refractivity contribution is -0.0435. The Labute approximate surface area is 363 Å². The van der Waals surface area contributed by atoms with Crippen molar-refractivity contribution in [3.05, 3.63) is 88.5 Å². The Hall–Kier alpha value is -3.67. The second kappa shape index (κ2) is 18.6. The molecule has 1 saturated carbocycles. The summed E-state index contributed by atoms with van der Waals surface area (Å²) in [6.45, 7) is 12.7. The second-order valence-electron chi connectivity index (χ2n) is 17.6. The van der Waals surface area contributed by atoms with Gasteiger partial charge in [0.1, 0.15) is 4.90 Å². The Morgan fingerprint density at radius 2 is 1.52 bits per heavy atom. The predicted molar refractivity (Wildman–Crippen MR) is 234 cm³/mol. The van der Waals surface area contributed by atoms with Crippen molar-refractivity contribution in [2.75, 3.05) is 75.7 Å². The summed E-state index contributed by atoms with van der Waals surface area (Å²) >= 11 is 6.18. The smallest absolute Gasteiger partial charge is 0.384 e. The molecule has 0 bridgehead atoms. The van der Waals surface area contributed by atoms with Crippen LogP contribution in [-0.2, 0) is 19.9 Å². The maximum absolute atomic E-state index is 13.9. The Morgan fingerprint density at radius 3 is 2.16 bits per heavy atom. The number of rotatable bonds is 12. The molecule has 61 heavy (non-hydrogen) atoms. The molecule has 3 aromatic rings. The first-order chi connectivity index (χ1) is 28.9. The molecule has 7 rings (SSSR count). The summed E-state index contributed by atoms with van der Waals surface area (Å²) in [6.07, 6.45) is 6.68. The molecule has 0 radical (unpaired) electrons. The van der Waals surface area contributed by atoms with Gasteiger partial charge in [0.15, 0.2) is 0 Å². The molecule has 17 heteroatoms. The summed E-state index contributed by atoms with van der Waals surface area (Å²) in [5.41, 5.74) is -0.852. The van der Waals surface area contributed by atoms with Crippen molar-refractivity contribution in [2.24, 2.45) is 11.3 Å². The van der Waals surface area contributed by atoms with Crippen molar-refractivity contribution in [3.63, 3.8) is 0 Å². The van der Waals surface area contributed by atoms with Crippen LogP contribution in [0.2, 0.25) is 5.02 Å². The van der Waals surface area contributed by atoms with Gasteiger partial charge in [-0.2, -0.15) is 13.2 Å². The van der Waals surface area contributed by atoms with Gasteiger partial charge in [0, 0.05) is 87.8 Å². The number of amides is 1. The van der Waals surface area contributed by atoms with E-state index in [9.17, 15) is 34.8 Å². The lowest BCUT2D eigenvalue weighted by Crippen LogP contribution is -2.49. The van der Waals surface area contributed by atoms with Crippen molar-refractivity contribution >= 4 is 54.3 Å². The zero-order valence-electron chi connectivity index (χ0n) is 34.7. The number of anilines is 2. The molecule has 3 N–H and O–H groups in total. The van der Waals surface area contributed by atoms with E-state index in [2.05, 4.69) is 51.3 Å². The third-order valence-corrected chi connectivity index (χ3v) is 15.9. The van der Waals surface area contributed by atoms with Gasteiger partial charge >= 0.3 is 5.51 Å². The molecule has 2 aliphatic heterocycles. The van der Waals surface area contributed by atoms with Crippen molar-refractivity contribution in [3.8, 4) is 0 Å². The molecule has 11 nitrogen and oxygen atoms in total. The van der Waals surface area contributed by atoms with Crippen LogP contribution in [0.15, 0.2) is 82.1 Å². The molecular formula is C44H56ClF3N6O5S2. The van der Waals surface area contributed by atoms with Gasteiger partial charge in [-0.1, -0.05) is 43.2 Å². The van der Waals surface area contributed by atoms with Crippen molar-refractivity contribution in [2.45, 2.75) is 80.1 Å². The molecule has 3 fully saturated rings. The van der Waals surface area contributed by atoms with Crippen LogP contribution in [0.4, 0.5) is 24.5 Å². The highest BCUT2D eigenvalue weighted by molar-refractivity contribution is 7.92. The van der Waals surface area contributed by atoms with E-state index in [0.29, 0.717) is 12.1 Å². The summed E-state index contributed by atoms with van der Waals surface area (Å²) in [4.78, 5) is 18.3. The third kappa shape index (κ3) is 10.9. The number of piperazine rings is 2. The quantitative estimate of drug-likeness (QED) is 0.169. The lowest BCUT2D eigenvalue weighted by Gasteiger charge is -2.39. The molecular weight excluding hydrogens is 849 g/mol. The fourth-order valence-electron chi connectivity index (χ4n) is 9.24. The standard InChI is InChI=1S/C44H56ClF3N6O5S2/c1-43(2)18-17-39(32-5-9-35(45)10-6-32)34(28-43)30-52-23-25-54(26-24-52)37-13-7-33(8-14-37)42(55)51-61(58,59)38-15-16-40(41(27-38)60(56,57)44(46,47)48)50-29-31-3-11-36(12-4-31)53-21-19-49-20-22-53/h5-10,13-16,27,31,36,49-50H,3-4,11-12,17-26,28-30H2,1-2H3,(H,51,55)/t31-,36-.